The van der Waals surface area contributed by atoms with Crippen molar-refractivity contribution in [3.8, 4) is 5.75 Å². The molecule has 1 aromatic heterocycles. The van der Waals surface area contributed by atoms with Crippen molar-refractivity contribution in [1.29, 1.82) is 0 Å². The van der Waals surface area contributed by atoms with Crippen LogP contribution in [0.1, 0.15) is 52.1 Å². The Balaban J connectivity index is 1.34. The van der Waals surface area contributed by atoms with E-state index in [1.54, 1.807) is 12.0 Å². The molecule has 1 amide bonds. The minimum absolute atomic E-state index is 0.00948. The molecule has 4 atom stereocenters. The summed E-state index contributed by atoms with van der Waals surface area (Å²) in [6.07, 6.45) is -3.32. The predicted molar refractivity (Wildman–Crippen MR) is 140 cm³/mol. The predicted octanol–water partition coefficient (Wildman–Crippen LogP) is 3.35. The maximum absolute atomic E-state index is 13.0. The molecule has 1 aromatic carbocycles. The number of hydrogen-bond donors (Lipinski definition) is 2. The van der Waals surface area contributed by atoms with Crippen molar-refractivity contribution in [2.45, 2.75) is 57.6 Å². The molecular weight excluding hydrogens is 513 g/mol. The van der Waals surface area contributed by atoms with Crippen LogP contribution in [-0.2, 0) is 10.9 Å². The fourth-order valence-electron chi connectivity index (χ4n) is 5.57. The molecular formula is C28H37F3N4O4. The molecule has 0 spiro atoms. The maximum atomic E-state index is 13.0. The number of likely N-dealkylation sites (tertiary alicyclic amines) is 2. The fourth-order valence-corrected chi connectivity index (χ4v) is 5.57. The zero-order valence-corrected chi connectivity index (χ0v) is 22.8. The molecule has 0 saturated carbocycles. The number of piperazine rings is 1. The van der Waals surface area contributed by atoms with Crippen molar-refractivity contribution in [2.75, 3.05) is 46.5 Å². The number of nitrogens with one attached hydrogen (secondary N) is 1. The van der Waals surface area contributed by atoms with Gasteiger partial charge in [0.05, 0.1) is 12.2 Å². The second kappa shape index (κ2) is 12.2. The van der Waals surface area contributed by atoms with E-state index in [2.05, 4.69) is 35.1 Å². The first kappa shape index (κ1) is 29.3. The van der Waals surface area contributed by atoms with Crippen molar-refractivity contribution in [2.24, 2.45) is 0 Å². The van der Waals surface area contributed by atoms with Crippen molar-refractivity contribution in [3.63, 3.8) is 0 Å². The van der Waals surface area contributed by atoms with Crippen LogP contribution in [0.3, 0.4) is 0 Å². The molecule has 2 aliphatic heterocycles. The monoisotopic (exact) mass is 550 g/mol. The zero-order valence-electron chi connectivity index (χ0n) is 22.8. The van der Waals surface area contributed by atoms with Gasteiger partial charge in [-0.1, -0.05) is 6.07 Å². The van der Waals surface area contributed by atoms with Gasteiger partial charge < -0.3 is 24.8 Å². The van der Waals surface area contributed by atoms with Crippen LogP contribution >= 0.6 is 0 Å². The van der Waals surface area contributed by atoms with E-state index in [4.69, 9.17) is 9.47 Å². The number of ether oxygens (including phenoxy) is 2. The van der Waals surface area contributed by atoms with Crippen molar-refractivity contribution in [1.82, 2.24) is 20.1 Å². The lowest BCUT2D eigenvalue weighted by Crippen LogP contribution is -2.49. The van der Waals surface area contributed by atoms with Crippen LogP contribution in [0.2, 0.25) is 0 Å². The second-order valence-electron chi connectivity index (χ2n) is 10.4. The number of aliphatic hydroxyl groups excluding tert-OH is 1. The number of carbonyl (C=O) groups is 1. The lowest BCUT2D eigenvalue weighted by Gasteiger charge is -2.38. The fraction of sp³-hybridized carbons (Fsp3) is 0.571. The first-order chi connectivity index (χ1) is 18.5. The van der Waals surface area contributed by atoms with Crippen LogP contribution in [0.25, 0.3) is 0 Å². The number of carbonyl (C=O) groups excluding carboxylic acids is 1. The van der Waals surface area contributed by atoms with Crippen LogP contribution in [-0.4, -0.2) is 90.5 Å². The number of amides is 1. The Hall–Kier alpha value is -2.73. The Morgan fingerprint density at radius 2 is 1.95 bits per heavy atom. The van der Waals surface area contributed by atoms with Gasteiger partial charge in [0.1, 0.15) is 24.2 Å². The van der Waals surface area contributed by atoms with Crippen LogP contribution < -0.4 is 10.1 Å². The van der Waals surface area contributed by atoms with E-state index in [9.17, 15) is 23.1 Å². The van der Waals surface area contributed by atoms with Crippen molar-refractivity contribution >= 4 is 5.91 Å². The third-order valence-electron chi connectivity index (χ3n) is 7.87. The number of pyridine rings is 1. The van der Waals surface area contributed by atoms with Crippen molar-refractivity contribution < 1.29 is 32.5 Å². The zero-order chi connectivity index (χ0) is 28.3. The Morgan fingerprint density at radius 1 is 1.18 bits per heavy atom. The highest BCUT2D eigenvalue weighted by Crippen LogP contribution is 2.39. The van der Waals surface area contributed by atoms with Gasteiger partial charge in [0.2, 0.25) is 0 Å². The third kappa shape index (κ3) is 6.54. The molecule has 4 rings (SSSR count). The highest BCUT2D eigenvalue weighted by atomic mass is 19.4. The lowest BCUT2D eigenvalue weighted by molar-refractivity contribution is -0.141. The van der Waals surface area contributed by atoms with E-state index in [0.29, 0.717) is 32.8 Å². The van der Waals surface area contributed by atoms with Gasteiger partial charge in [0.25, 0.3) is 5.91 Å². The molecule has 0 unspecified atom stereocenters. The summed E-state index contributed by atoms with van der Waals surface area (Å²) in [4.78, 5) is 20.6. The van der Waals surface area contributed by atoms with Crippen molar-refractivity contribution in [3.05, 3.63) is 58.4 Å². The number of benzene rings is 1. The Morgan fingerprint density at radius 3 is 2.56 bits per heavy atom. The van der Waals surface area contributed by atoms with Gasteiger partial charge in [0, 0.05) is 57.6 Å². The molecule has 0 aliphatic carbocycles. The van der Waals surface area contributed by atoms with E-state index in [1.807, 2.05) is 13.0 Å². The lowest BCUT2D eigenvalue weighted by atomic mass is 9.96. The number of halogens is 3. The number of methoxy groups -OCH3 is 1. The van der Waals surface area contributed by atoms with Gasteiger partial charge in [-0.3, -0.25) is 14.7 Å². The Labute approximate surface area is 227 Å². The SMILES string of the molecule is COCCNC[C@H](O)COc1ccc([C@H](C)N2C[C@H]3C[C@@H]2CN3C(=O)c2ccc(C(F)(F)F)nc2)c(C)c1C. The average Bonchev–Trinajstić information content (AvgIpc) is 3.52. The number of aromatic nitrogens is 1. The molecule has 11 heteroatoms. The molecule has 3 heterocycles. The van der Waals surface area contributed by atoms with Gasteiger partial charge in [-0.15, -0.1) is 0 Å². The van der Waals surface area contributed by atoms with Gasteiger partial charge in [-0.05, 0) is 62.1 Å². The van der Waals surface area contributed by atoms with Gasteiger partial charge in [-0.25, -0.2) is 0 Å². The van der Waals surface area contributed by atoms with Gasteiger partial charge >= 0.3 is 6.18 Å². The summed E-state index contributed by atoms with van der Waals surface area (Å²) >= 11 is 0. The van der Waals surface area contributed by atoms with Crippen LogP contribution in [0.4, 0.5) is 13.2 Å². The van der Waals surface area contributed by atoms with Crippen LogP contribution in [0.5, 0.6) is 5.75 Å². The summed E-state index contributed by atoms with van der Waals surface area (Å²) < 4.78 is 49.4. The molecule has 39 heavy (non-hydrogen) atoms. The molecule has 2 N–H and O–H groups in total. The molecule has 2 bridgehead atoms. The summed E-state index contributed by atoms with van der Waals surface area (Å²) in [6.45, 7) is 9.31. The molecule has 2 fully saturated rings. The van der Waals surface area contributed by atoms with E-state index >= 15 is 0 Å². The quantitative estimate of drug-likeness (QED) is 0.415. The third-order valence-corrected chi connectivity index (χ3v) is 7.87. The Kier molecular flexibility index (Phi) is 9.15. The largest absolute Gasteiger partial charge is 0.491 e. The summed E-state index contributed by atoms with van der Waals surface area (Å²) in [6, 6.07) is 6.37. The number of fused-ring (bicyclic) bond motifs is 2. The number of alkyl halides is 3. The molecule has 2 aliphatic rings. The highest BCUT2D eigenvalue weighted by Gasteiger charge is 2.47. The minimum Gasteiger partial charge on any atom is -0.491 e. The second-order valence-corrected chi connectivity index (χ2v) is 10.4. The van der Waals surface area contributed by atoms with E-state index in [-0.39, 0.29) is 36.2 Å². The summed E-state index contributed by atoms with van der Waals surface area (Å²) in [5, 5.41) is 13.3. The first-order valence-electron chi connectivity index (χ1n) is 13.2. The summed E-state index contributed by atoms with van der Waals surface area (Å²) in [5.74, 6) is 0.463. The van der Waals surface area contributed by atoms with E-state index < -0.39 is 18.0 Å². The van der Waals surface area contributed by atoms with Crippen LogP contribution in [0.15, 0.2) is 30.5 Å². The minimum atomic E-state index is -4.53. The number of aliphatic hydroxyl groups is 1. The standard InChI is InChI=1S/C28H37F3N4O4/c1-17-18(2)25(39-16-23(36)13-32-9-10-38-4)7-6-24(17)19(3)34-14-22-11-21(34)15-35(22)27(37)20-5-8-26(33-12-20)28(29,30)31/h5-8,12,19,21-23,32,36H,9-11,13-16H2,1-4H3/t19-,21+,22+,23-/m0/s1. The molecule has 214 valence electrons. The average molecular weight is 551 g/mol. The number of nitrogens with zero attached hydrogens (tertiary/aromatic N) is 3. The molecule has 2 saturated heterocycles. The summed E-state index contributed by atoms with van der Waals surface area (Å²) in [5.41, 5.74) is 2.50. The maximum Gasteiger partial charge on any atom is 0.433 e. The van der Waals surface area contributed by atoms with E-state index in [1.165, 1.54) is 11.6 Å². The highest BCUT2D eigenvalue weighted by molar-refractivity contribution is 5.94. The molecule has 2 aromatic rings. The van der Waals surface area contributed by atoms with Crippen LogP contribution in [0, 0.1) is 13.8 Å². The number of hydrogen-bond acceptors (Lipinski definition) is 7. The van der Waals surface area contributed by atoms with Gasteiger partial charge in [0.15, 0.2) is 0 Å². The number of rotatable bonds is 11. The Bertz CT molecular complexity index is 1140. The molecule has 0 radical (unpaired) electrons. The molecule has 8 nitrogen and oxygen atoms in total. The topological polar surface area (TPSA) is 87.2 Å². The first-order valence-corrected chi connectivity index (χ1v) is 13.2. The normalized spacial score (nSPS) is 20.9. The smallest absolute Gasteiger partial charge is 0.433 e. The summed E-state index contributed by atoms with van der Waals surface area (Å²) in [7, 11) is 1.63. The van der Waals surface area contributed by atoms with Gasteiger partial charge in [-0.2, -0.15) is 13.2 Å². The van der Waals surface area contributed by atoms with E-state index in [0.717, 1.165) is 35.6 Å².